The van der Waals surface area contributed by atoms with Crippen LogP contribution in [0.5, 0.6) is 0 Å². The van der Waals surface area contributed by atoms with Crippen molar-refractivity contribution in [2.24, 2.45) is 0 Å². The molecule has 11 atom stereocenters. The minimum atomic E-state index is -1.70. The van der Waals surface area contributed by atoms with E-state index in [4.69, 9.17) is 28.4 Å². The van der Waals surface area contributed by atoms with Crippen LogP contribution in [0.1, 0.15) is 206 Å². The van der Waals surface area contributed by atoms with Crippen LogP contribution < -0.4 is 0 Å². The molecule has 2 heterocycles. The number of hydrogen-bond donors (Lipinski definition) is 7. The highest BCUT2D eigenvalue weighted by Crippen LogP contribution is 2.26. The molecule has 0 aromatic carbocycles. The van der Waals surface area contributed by atoms with Crippen molar-refractivity contribution in [3.8, 4) is 0 Å². The third-order valence-electron chi connectivity index (χ3n) is 12.6. The van der Waals surface area contributed by atoms with Gasteiger partial charge in [0.05, 0.1) is 26.4 Å². The Morgan fingerprint density at radius 3 is 1.29 bits per heavy atom. The lowest BCUT2D eigenvalue weighted by Crippen LogP contribution is -2.61. The van der Waals surface area contributed by atoms with Gasteiger partial charge in [0.25, 0.3) is 0 Å². The van der Waals surface area contributed by atoms with Crippen molar-refractivity contribution in [3.63, 3.8) is 0 Å². The van der Waals surface area contributed by atoms with Gasteiger partial charge < -0.3 is 64.2 Å². The van der Waals surface area contributed by atoms with Crippen molar-refractivity contribution in [2.75, 3.05) is 33.0 Å². The third kappa shape index (κ3) is 26.2. The molecule has 0 aromatic heterocycles. The van der Waals surface area contributed by atoms with Crippen LogP contribution >= 0.6 is 0 Å². The van der Waals surface area contributed by atoms with E-state index in [1.807, 2.05) is 0 Å². The summed E-state index contributed by atoms with van der Waals surface area (Å²) >= 11 is 0. The van der Waals surface area contributed by atoms with Crippen LogP contribution in [0.3, 0.4) is 0 Å². The summed E-state index contributed by atoms with van der Waals surface area (Å²) < 4.78 is 34.3. The lowest BCUT2D eigenvalue weighted by atomic mass is 9.98. The largest absolute Gasteiger partial charge is 0.457 e. The smallest absolute Gasteiger partial charge is 0.306 e. The first kappa shape index (κ1) is 58.1. The first-order chi connectivity index (χ1) is 30.6. The fourth-order valence-corrected chi connectivity index (χ4v) is 8.40. The molecule has 2 aliphatic rings. The number of carbonyl (C=O) groups is 1. The van der Waals surface area contributed by atoms with Crippen molar-refractivity contribution in [3.05, 3.63) is 0 Å². The molecule has 374 valence electrons. The standard InChI is InChI=1S/C49H94O14/c1-3-5-7-9-11-13-15-17-19-20-22-24-26-28-30-32-41(51)61-38(35-58-33-31-29-27-25-23-21-18-16-14-12-10-8-6-4-2)36-59-48-47(57)45(55)43(53)40(63-48)37-60-49-46(56)44(54)42(52)39(34-50)62-49/h38-40,42-50,52-57H,3-37H2,1-2H3. The van der Waals surface area contributed by atoms with Gasteiger partial charge in [0.15, 0.2) is 12.6 Å². The number of rotatable bonds is 41. The molecule has 0 aromatic rings. The van der Waals surface area contributed by atoms with Crippen LogP contribution in [0.2, 0.25) is 0 Å². The molecule has 0 aliphatic carbocycles. The van der Waals surface area contributed by atoms with Gasteiger partial charge in [-0.25, -0.2) is 0 Å². The molecule has 0 bridgehead atoms. The number of carbonyl (C=O) groups excluding carboxylic acids is 1. The maximum atomic E-state index is 13.0. The molecule has 2 saturated heterocycles. The first-order valence-electron chi connectivity index (χ1n) is 25.6. The Labute approximate surface area is 381 Å². The quantitative estimate of drug-likeness (QED) is 0.0237. The number of unbranched alkanes of at least 4 members (excludes halogenated alkanes) is 27. The van der Waals surface area contributed by atoms with Crippen molar-refractivity contribution >= 4 is 5.97 Å². The van der Waals surface area contributed by atoms with Gasteiger partial charge in [0.1, 0.15) is 54.9 Å². The average Bonchev–Trinajstić information content (AvgIpc) is 3.28. The lowest BCUT2D eigenvalue weighted by Gasteiger charge is -2.42. The minimum Gasteiger partial charge on any atom is -0.457 e. The SMILES string of the molecule is CCCCCCCCCCCCCCCCCC(=O)OC(COCCCCCCCCCCCCCCCC)COC1OC(COC2OC(CO)C(O)C(O)C2O)C(O)C(O)C1O. The van der Waals surface area contributed by atoms with Crippen LogP contribution in [-0.4, -0.2) is 142 Å². The van der Waals surface area contributed by atoms with Crippen molar-refractivity contribution in [2.45, 2.75) is 274 Å². The first-order valence-corrected chi connectivity index (χ1v) is 25.6. The maximum Gasteiger partial charge on any atom is 0.306 e. The van der Waals surface area contributed by atoms with Crippen molar-refractivity contribution < 1.29 is 69.0 Å². The van der Waals surface area contributed by atoms with Gasteiger partial charge in [-0.05, 0) is 12.8 Å². The van der Waals surface area contributed by atoms with E-state index in [1.54, 1.807) is 0 Å². The number of hydrogen-bond acceptors (Lipinski definition) is 14. The average molecular weight is 907 g/mol. The van der Waals surface area contributed by atoms with E-state index in [-0.39, 0.29) is 25.6 Å². The molecular formula is C49H94O14. The fourth-order valence-electron chi connectivity index (χ4n) is 8.40. The third-order valence-corrected chi connectivity index (χ3v) is 12.6. The van der Waals surface area contributed by atoms with Crippen LogP contribution in [0.4, 0.5) is 0 Å². The number of esters is 1. The predicted octanol–water partition coefficient (Wildman–Crippen LogP) is 7.30. The van der Waals surface area contributed by atoms with Crippen LogP contribution in [0, 0.1) is 0 Å². The van der Waals surface area contributed by atoms with Gasteiger partial charge in [0, 0.05) is 13.0 Å². The van der Waals surface area contributed by atoms with Gasteiger partial charge in [-0.3, -0.25) is 4.79 Å². The summed E-state index contributed by atoms with van der Waals surface area (Å²) in [7, 11) is 0. The number of ether oxygens (including phenoxy) is 6. The summed E-state index contributed by atoms with van der Waals surface area (Å²) in [4.78, 5) is 13.0. The summed E-state index contributed by atoms with van der Waals surface area (Å²) in [6.07, 6.45) is 20.2. The molecule has 7 N–H and O–H groups in total. The van der Waals surface area contributed by atoms with Crippen LogP contribution in [0.25, 0.3) is 0 Å². The molecule has 2 aliphatic heterocycles. The van der Waals surface area contributed by atoms with Crippen molar-refractivity contribution in [1.29, 1.82) is 0 Å². The van der Waals surface area contributed by atoms with E-state index in [9.17, 15) is 40.5 Å². The zero-order chi connectivity index (χ0) is 45.9. The fraction of sp³-hybridized carbons (Fsp3) is 0.980. The maximum absolute atomic E-state index is 13.0. The molecule has 63 heavy (non-hydrogen) atoms. The Kier molecular flexibility index (Phi) is 35.1. The molecule has 14 nitrogen and oxygen atoms in total. The minimum absolute atomic E-state index is 0.0701. The summed E-state index contributed by atoms with van der Waals surface area (Å²) in [5.41, 5.74) is 0. The van der Waals surface area contributed by atoms with Crippen LogP contribution in [0.15, 0.2) is 0 Å². The summed E-state index contributed by atoms with van der Waals surface area (Å²) in [5.74, 6) is -0.371. The van der Waals surface area contributed by atoms with E-state index in [0.29, 0.717) is 6.61 Å². The predicted molar refractivity (Wildman–Crippen MR) is 243 cm³/mol. The van der Waals surface area contributed by atoms with E-state index >= 15 is 0 Å². The lowest BCUT2D eigenvalue weighted by molar-refractivity contribution is -0.332. The Bertz CT molecular complexity index is 1050. The van der Waals surface area contributed by atoms with Gasteiger partial charge in [0.2, 0.25) is 0 Å². The summed E-state index contributed by atoms with van der Waals surface area (Å²) in [6.45, 7) is 3.73. The number of aliphatic hydroxyl groups is 7. The van der Waals surface area contributed by atoms with Gasteiger partial charge in [-0.1, -0.05) is 187 Å². The summed E-state index contributed by atoms with van der Waals surface area (Å²) in [5, 5.41) is 72.1. The van der Waals surface area contributed by atoms with Crippen molar-refractivity contribution in [1.82, 2.24) is 0 Å². The van der Waals surface area contributed by atoms with Gasteiger partial charge in [-0.2, -0.15) is 0 Å². The second-order valence-corrected chi connectivity index (χ2v) is 18.4. The van der Waals surface area contributed by atoms with E-state index in [2.05, 4.69) is 13.8 Å². The topological polar surface area (TPSA) is 214 Å². The van der Waals surface area contributed by atoms with Gasteiger partial charge >= 0.3 is 5.97 Å². The second kappa shape index (κ2) is 38.0. The highest BCUT2D eigenvalue weighted by atomic mass is 16.7. The molecule has 2 rings (SSSR count). The monoisotopic (exact) mass is 907 g/mol. The molecule has 0 amide bonds. The molecule has 0 radical (unpaired) electrons. The Morgan fingerprint density at radius 1 is 0.460 bits per heavy atom. The molecule has 0 saturated carbocycles. The molecule has 0 spiro atoms. The van der Waals surface area contributed by atoms with Crippen LogP contribution in [-0.2, 0) is 33.2 Å². The molecule has 14 heteroatoms. The second-order valence-electron chi connectivity index (χ2n) is 18.4. The zero-order valence-corrected chi connectivity index (χ0v) is 39.6. The molecular weight excluding hydrogens is 813 g/mol. The Morgan fingerprint density at radius 2 is 0.841 bits per heavy atom. The molecule has 2 fully saturated rings. The summed E-state index contributed by atoms with van der Waals surface area (Å²) in [6, 6.07) is 0. The normalized spacial score (nSPS) is 26.9. The number of aliphatic hydroxyl groups excluding tert-OH is 7. The highest BCUT2D eigenvalue weighted by molar-refractivity contribution is 5.69. The van der Waals surface area contributed by atoms with E-state index in [0.717, 1.165) is 44.9 Å². The van der Waals surface area contributed by atoms with E-state index < -0.39 is 80.7 Å². The highest BCUT2D eigenvalue weighted by Gasteiger charge is 2.47. The van der Waals surface area contributed by atoms with E-state index in [1.165, 1.54) is 141 Å². The Balaban J connectivity index is 1.77. The molecule has 11 unspecified atom stereocenters. The van der Waals surface area contributed by atoms with Gasteiger partial charge in [-0.15, -0.1) is 0 Å². The Hall–Kier alpha value is -1.01. The zero-order valence-electron chi connectivity index (χ0n) is 39.6.